The second kappa shape index (κ2) is 5.18. The third-order valence-electron chi connectivity index (χ3n) is 2.36. The molecule has 0 bridgehead atoms. The van der Waals surface area contributed by atoms with Crippen LogP contribution in [0.15, 0.2) is 51.8 Å². The number of hydrogen-bond acceptors (Lipinski definition) is 3. The van der Waals surface area contributed by atoms with Crippen molar-refractivity contribution < 1.29 is 12.8 Å². The first-order valence-corrected chi connectivity index (χ1v) is 7.49. The average Bonchev–Trinajstić information content (AvgIpc) is 2.31. The smallest absolute Gasteiger partial charge is 0.263 e. The quantitative estimate of drug-likeness (QED) is 0.840. The SMILES string of the molecule is Nc1cc(F)ccc1S(=O)(=O)Nc1ccc(Br)cc1. The number of anilines is 2. The standard InChI is InChI=1S/C12H10BrFN2O2S/c13-8-1-4-10(5-2-8)16-19(17,18)12-6-3-9(14)7-11(12)15/h1-7,16H,15H2. The molecule has 3 N–H and O–H groups in total. The lowest BCUT2D eigenvalue weighted by Crippen LogP contribution is -2.14. The Kier molecular flexibility index (Phi) is 3.77. The Hall–Kier alpha value is -1.60. The van der Waals surface area contributed by atoms with Crippen LogP contribution < -0.4 is 10.5 Å². The molecular weight excluding hydrogens is 335 g/mol. The summed E-state index contributed by atoms with van der Waals surface area (Å²) in [4.78, 5) is -0.156. The van der Waals surface area contributed by atoms with E-state index in [1.165, 1.54) is 0 Å². The van der Waals surface area contributed by atoms with Crippen LogP contribution in [0.2, 0.25) is 0 Å². The zero-order valence-electron chi connectivity index (χ0n) is 9.60. The zero-order valence-corrected chi connectivity index (χ0v) is 12.0. The van der Waals surface area contributed by atoms with Crippen molar-refractivity contribution in [3.8, 4) is 0 Å². The summed E-state index contributed by atoms with van der Waals surface area (Å²) in [6, 6.07) is 9.74. The Labute approximate surface area is 118 Å². The first-order chi connectivity index (χ1) is 8.88. The van der Waals surface area contributed by atoms with Crippen molar-refractivity contribution in [2.45, 2.75) is 4.90 Å². The van der Waals surface area contributed by atoms with Gasteiger partial charge in [0.15, 0.2) is 0 Å². The summed E-state index contributed by atoms with van der Waals surface area (Å²) in [5.74, 6) is -0.583. The van der Waals surface area contributed by atoms with Crippen LogP contribution in [-0.2, 0) is 10.0 Å². The lowest BCUT2D eigenvalue weighted by molar-refractivity contribution is 0.600. The van der Waals surface area contributed by atoms with E-state index < -0.39 is 15.8 Å². The third kappa shape index (κ3) is 3.24. The van der Waals surface area contributed by atoms with E-state index in [2.05, 4.69) is 20.7 Å². The van der Waals surface area contributed by atoms with Gasteiger partial charge in [-0.2, -0.15) is 0 Å². The topological polar surface area (TPSA) is 72.2 Å². The molecule has 0 amide bonds. The van der Waals surface area contributed by atoms with E-state index in [-0.39, 0.29) is 10.6 Å². The fraction of sp³-hybridized carbons (Fsp3) is 0. The highest BCUT2D eigenvalue weighted by Gasteiger charge is 2.17. The molecule has 19 heavy (non-hydrogen) atoms. The average molecular weight is 345 g/mol. The van der Waals surface area contributed by atoms with Crippen LogP contribution in [-0.4, -0.2) is 8.42 Å². The van der Waals surface area contributed by atoms with E-state index >= 15 is 0 Å². The summed E-state index contributed by atoms with van der Waals surface area (Å²) in [5.41, 5.74) is 5.78. The summed E-state index contributed by atoms with van der Waals surface area (Å²) in [5, 5.41) is 0. The fourth-order valence-corrected chi connectivity index (χ4v) is 2.93. The number of rotatable bonds is 3. The number of sulfonamides is 1. The number of nitrogen functional groups attached to an aromatic ring is 1. The summed E-state index contributed by atoms with van der Waals surface area (Å²) in [6.45, 7) is 0. The normalized spacial score (nSPS) is 11.3. The fourth-order valence-electron chi connectivity index (χ4n) is 1.49. The van der Waals surface area contributed by atoms with Gasteiger partial charge in [0.2, 0.25) is 0 Å². The molecule has 7 heteroatoms. The monoisotopic (exact) mass is 344 g/mol. The van der Waals surface area contributed by atoms with Gasteiger partial charge >= 0.3 is 0 Å². The predicted octanol–water partition coefficient (Wildman–Crippen LogP) is 2.97. The Morgan fingerprint density at radius 2 is 1.74 bits per heavy atom. The van der Waals surface area contributed by atoms with Crippen LogP contribution >= 0.6 is 15.9 Å². The molecule has 0 unspecified atom stereocenters. The lowest BCUT2D eigenvalue weighted by Gasteiger charge is -2.10. The summed E-state index contributed by atoms with van der Waals surface area (Å²) in [7, 11) is -3.83. The molecule has 4 nitrogen and oxygen atoms in total. The molecule has 2 rings (SSSR count). The highest BCUT2D eigenvalue weighted by Crippen LogP contribution is 2.23. The molecule has 0 radical (unpaired) electrons. The zero-order chi connectivity index (χ0) is 14.0. The summed E-state index contributed by atoms with van der Waals surface area (Å²) in [6.07, 6.45) is 0. The van der Waals surface area contributed by atoms with Crippen molar-refractivity contribution >= 4 is 37.3 Å². The number of benzene rings is 2. The first kappa shape index (κ1) is 13.8. The van der Waals surface area contributed by atoms with Gasteiger partial charge in [-0.1, -0.05) is 15.9 Å². The maximum atomic E-state index is 12.9. The second-order valence-corrected chi connectivity index (χ2v) is 6.36. The van der Waals surface area contributed by atoms with E-state index in [1.807, 2.05) is 0 Å². The van der Waals surface area contributed by atoms with Gasteiger partial charge < -0.3 is 5.73 Å². The number of nitrogens with one attached hydrogen (secondary N) is 1. The Bertz CT molecular complexity index is 702. The van der Waals surface area contributed by atoms with Crippen LogP contribution in [0.1, 0.15) is 0 Å². The number of halogens is 2. The van der Waals surface area contributed by atoms with E-state index in [1.54, 1.807) is 24.3 Å². The Balaban J connectivity index is 2.35. The van der Waals surface area contributed by atoms with Gasteiger partial charge in [0, 0.05) is 10.2 Å². The molecule has 0 atom stereocenters. The minimum Gasteiger partial charge on any atom is -0.398 e. The van der Waals surface area contributed by atoms with Crippen molar-refractivity contribution in [2.75, 3.05) is 10.5 Å². The molecule has 0 saturated carbocycles. The van der Waals surface area contributed by atoms with Gasteiger partial charge in [-0.3, -0.25) is 4.72 Å². The van der Waals surface area contributed by atoms with Crippen LogP contribution in [0.25, 0.3) is 0 Å². The highest BCUT2D eigenvalue weighted by atomic mass is 79.9. The molecule has 2 aromatic carbocycles. The molecule has 0 heterocycles. The molecule has 0 aliphatic heterocycles. The van der Waals surface area contributed by atoms with Crippen molar-refractivity contribution in [3.63, 3.8) is 0 Å². The largest absolute Gasteiger partial charge is 0.398 e. The molecule has 0 aliphatic rings. The third-order valence-corrected chi connectivity index (χ3v) is 4.34. The van der Waals surface area contributed by atoms with E-state index in [0.29, 0.717) is 5.69 Å². The molecule has 0 aliphatic carbocycles. The first-order valence-electron chi connectivity index (χ1n) is 5.22. The van der Waals surface area contributed by atoms with Gasteiger partial charge in [0.1, 0.15) is 10.7 Å². The van der Waals surface area contributed by atoms with Crippen LogP contribution in [0.5, 0.6) is 0 Å². The van der Waals surface area contributed by atoms with E-state index in [0.717, 1.165) is 22.7 Å². The van der Waals surface area contributed by atoms with Crippen molar-refractivity contribution in [1.29, 1.82) is 0 Å². The molecule has 2 aromatic rings. The van der Waals surface area contributed by atoms with E-state index in [9.17, 15) is 12.8 Å². The van der Waals surface area contributed by atoms with Crippen molar-refractivity contribution in [2.24, 2.45) is 0 Å². The van der Waals surface area contributed by atoms with Gasteiger partial charge in [-0.15, -0.1) is 0 Å². The maximum absolute atomic E-state index is 12.9. The molecule has 0 saturated heterocycles. The minimum absolute atomic E-state index is 0.135. The molecule has 0 fully saturated rings. The van der Waals surface area contributed by atoms with E-state index in [4.69, 9.17) is 5.73 Å². The molecule has 0 aromatic heterocycles. The summed E-state index contributed by atoms with van der Waals surface area (Å²) < 4.78 is 40.3. The summed E-state index contributed by atoms with van der Waals surface area (Å²) >= 11 is 3.25. The minimum atomic E-state index is -3.83. The molecular formula is C12H10BrFN2O2S. The van der Waals surface area contributed by atoms with Gasteiger partial charge in [0.25, 0.3) is 10.0 Å². The number of hydrogen-bond donors (Lipinski definition) is 2. The van der Waals surface area contributed by atoms with Gasteiger partial charge in [-0.05, 0) is 42.5 Å². The van der Waals surface area contributed by atoms with Crippen molar-refractivity contribution in [3.05, 3.63) is 52.8 Å². The lowest BCUT2D eigenvalue weighted by atomic mass is 10.3. The van der Waals surface area contributed by atoms with Crippen LogP contribution in [0.3, 0.4) is 0 Å². The highest BCUT2D eigenvalue weighted by molar-refractivity contribution is 9.10. The van der Waals surface area contributed by atoms with Gasteiger partial charge in [0.05, 0.1) is 5.69 Å². The van der Waals surface area contributed by atoms with Crippen LogP contribution in [0, 0.1) is 5.82 Å². The predicted molar refractivity (Wildman–Crippen MR) is 75.8 cm³/mol. The van der Waals surface area contributed by atoms with Gasteiger partial charge in [-0.25, -0.2) is 12.8 Å². The molecule has 100 valence electrons. The maximum Gasteiger partial charge on any atom is 0.263 e. The Morgan fingerprint density at radius 3 is 2.32 bits per heavy atom. The van der Waals surface area contributed by atoms with Crippen molar-refractivity contribution in [1.82, 2.24) is 0 Å². The second-order valence-electron chi connectivity index (χ2n) is 3.79. The molecule has 0 spiro atoms. The Morgan fingerprint density at radius 1 is 1.11 bits per heavy atom. The number of nitrogens with two attached hydrogens (primary N) is 1. The van der Waals surface area contributed by atoms with Crippen LogP contribution in [0.4, 0.5) is 15.8 Å².